The van der Waals surface area contributed by atoms with Gasteiger partial charge in [0.25, 0.3) is 0 Å². The number of hydrogen-bond donors (Lipinski definition) is 0. The fraction of sp³-hybridized carbons (Fsp3) is 0.0400. The summed E-state index contributed by atoms with van der Waals surface area (Å²) in [4.78, 5) is 29.2. The second-order valence-corrected chi connectivity index (χ2v) is 14.0. The molecule has 0 unspecified atom stereocenters. The normalized spacial score (nSPS) is 11.4. The average Bonchev–Trinajstić information content (AvgIpc) is 3.27. The standard InChI is InChI=1S/C50H34N6/c1-31-43(35-17-9-19-37(29-35)49-51-25-11-26-52-49)41-23-21-40-39(47(41)55-45(31)33-13-5-3-6-14-33)22-24-42-44(32(2)46(56-48(40)42)34-15-7-4-8-16-34)36-18-10-20-38(30-36)50-53-27-12-28-54-50/h3-30H,1-2H3. The van der Waals surface area contributed by atoms with Crippen LogP contribution >= 0.6 is 0 Å². The number of rotatable bonds is 6. The van der Waals surface area contributed by atoms with E-state index in [1.165, 1.54) is 0 Å². The van der Waals surface area contributed by atoms with Gasteiger partial charge in [-0.05, 0) is 71.5 Å². The first kappa shape index (κ1) is 33.2. The Bertz CT molecular complexity index is 2870. The second kappa shape index (κ2) is 13.8. The molecule has 0 bridgehead atoms. The quantitative estimate of drug-likeness (QED) is 0.159. The molecule has 6 nitrogen and oxygen atoms in total. The Morgan fingerprint density at radius 3 is 1.09 bits per heavy atom. The lowest BCUT2D eigenvalue weighted by Crippen LogP contribution is -1.99. The average molecular weight is 719 g/mol. The largest absolute Gasteiger partial charge is 0.247 e. The van der Waals surface area contributed by atoms with E-state index in [4.69, 9.17) is 9.97 Å². The molecule has 6 heteroatoms. The van der Waals surface area contributed by atoms with E-state index in [1.54, 1.807) is 24.8 Å². The number of aromatic nitrogens is 6. The molecule has 0 saturated carbocycles. The van der Waals surface area contributed by atoms with Crippen LogP contribution in [0, 0.1) is 13.8 Å². The highest BCUT2D eigenvalue weighted by molar-refractivity contribution is 6.20. The maximum absolute atomic E-state index is 5.50. The maximum atomic E-state index is 5.50. The van der Waals surface area contributed by atoms with Gasteiger partial charge in [-0.2, -0.15) is 0 Å². The summed E-state index contributed by atoms with van der Waals surface area (Å²) in [7, 11) is 0. The highest BCUT2D eigenvalue weighted by atomic mass is 14.9. The summed E-state index contributed by atoms with van der Waals surface area (Å²) in [5, 5.41) is 4.24. The van der Waals surface area contributed by atoms with E-state index in [9.17, 15) is 0 Å². The summed E-state index contributed by atoms with van der Waals surface area (Å²) in [5.74, 6) is 1.39. The Morgan fingerprint density at radius 1 is 0.321 bits per heavy atom. The number of hydrogen-bond acceptors (Lipinski definition) is 6. The Kier molecular flexibility index (Phi) is 8.15. The lowest BCUT2D eigenvalue weighted by molar-refractivity contribution is 1.18. The van der Waals surface area contributed by atoms with E-state index in [0.717, 1.165) is 99.6 Å². The lowest BCUT2D eigenvalue weighted by atomic mass is 9.88. The van der Waals surface area contributed by atoms with Crippen molar-refractivity contribution in [2.45, 2.75) is 13.8 Å². The van der Waals surface area contributed by atoms with Crippen LogP contribution in [-0.2, 0) is 0 Å². The molecule has 10 rings (SSSR count). The molecule has 264 valence electrons. The molecule has 0 aliphatic rings. The number of benzene rings is 6. The first-order chi connectivity index (χ1) is 27.6. The molecule has 0 atom stereocenters. The molecule has 0 N–H and O–H groups in total. The van der Waals surface area contributed by atoms with Gasteiger partial charge in [-0.1, -0.05) is 121 Å². The van der Waals surface area contributed by atoms with Gasteiger partial charge in [0.1, 0.15) is 0 Å². The van der Waals surface area contributed by atoms with Crippen LogP contribution in [0.5, 0.6) is 0 Å². The number of fused-ring (bicyclic) bond motifs is 5. The van der Waals surface area contributed by atoms with Gasteiger partial charge < -0.3 is 0 Å². The van der Waals surface area contributed by atoms with Crippen molar-refractivity contribution in [3.63, 3.8) is 0 Å². The van der Waals surface area contributed by atoms with Gasteiger partial charge in [0, 0.05) is 68.6 Å². The third kappa shape index (κ3) is 5.67. The smallest absolute Gasteiger partial charge is 0.159 e. The molecule has 4 heterocycles. The Balaban J connectivity index is 1.27. The Morgan fingerprint density at radius 2 is 0.679 bits per heavy atom. The van der Waals surface area contributed by atoms with Crippen LogP contribution in [0.25, 0.3) is 100 Å². The highest BCUT2D eigenvalue weighted by Gasteiger charge is 2.21. The van der Waals surface area contributed by atoms with E-state index in [1.807, 2.05) is 24.3 Å². The van der Waals surface area contributed by atoms with Crippen LogP contribution in [-0.4, -0.2) is 29.9 Å². The van der Waals surface area contributed by atoms with Crippen molar-refractivity contribution < 1.29 is 0 Å². The fourth-order valence-electron chi connectivity index (χ4n) is 8.07. The predicted octanol–water partition coefficient (Wildman–Crippen LogP) is 12.1. The summed E-state index contributed by atoms with van der Waals surface area (Å²) < 4.78 is 0. The van der Waals surface area contributed by atoms with E-state index >= 15 is 0 Å². The van der Waals surface area contributed by atoms with E-state index in [0.29, 0.717) is 11.6 Å². The summed E-state index contributed by atoms with van der Waals surface area (Å²) in [5.41, 5.74) is 14.5. The van der Waals surface area contributed by atoms with E-state index < -0.39 is 0 Å². The van der Waals surface area contributed by atoms with Crippen LogP contribution in [0.3, 0.4) is 0 Å². The van der Waals surface area contributed by atoms with Gasteiger partial charge >= 0.3 is 0 Å². The second-order valence-electron chi connectivity index (χ2n) is 14.0. The molecule has 0 fully saturated rings. The van der Waals surface area contributed by atoms with Crippen LogP contribution in [0.15, 0.2) is 170 Å². The molecule has 0 radical (unpaired) electrons. The zero-order valence-corrected chi connectivity index (χ0v) is 30.8. The first-order valence-electron chi connectivity index (χ1n) is 18.7. The molecule has 0 saturated heterocycles. The van der Waals surface area contributed by atoms with Gasteiger partial charge in [-0.25, -0.2) is 29.9 Å². The molecule has 56 heavy (non-hydrogen) atoms. The molecular weight excluding hydrogens is 685 g/mol. The maximum Gasteiger partial charge on any atom is 0.159 e. The van der Waals surface area contributed by atoms with Crippen LogP contribution in [0.1, 0.15) is 11.1 Å². The summed E-state index contributed by atoms with van der Waals surface area (Å²) in [6.07, 6.45) is 7.13. The molecule has 0 spiro atoms. The molecule has 6 aromatic carbocycles. The van der Waals surface area contributed by atoms with Gasteiger partial charge in [0.15, 0.2) is 11.6 Å². The molecule has 4 aromatic heterocycles. The predicted molar refractivity (Wildman–Crippen MR) is 228 cm³/mol. The van der Waals surface area contributed by atoms with Crippen molar-refractivity contribution in [2.24, 2.45) is 0 Å². The molecular formula is C50H34N6. The molecule has 0 amide bonds. The minimum atomic E-state index is 0.693. The Labute approximate surface area is 324 Å². The monoisotopic (exact) mass is 718 g/mol. The highest BCUT2D eigenvalue weighted by Crippen LogP contribution is 2.44. The van der Waals surface area contributed by atoms with Gasteiger partial charge in [-0.15, -0.1) is 0 Å². The number of nitrogens with zero attached hydrogens (tertiary/aromatic N) is 6. The molecule has 0 aliphatic carbocycles. The topological polar surface area (TPSA) is 77.3 Å². The summed E-state index contributed by atoms with van der Waals surface area (Å²) in [6.45, 7) is 4.36. The lowest BCUT2D eigenvalue weighted by Gasteiger charge is -2.19. The number of pyridine rings is 2. The zero-order valence-electron chi connectivity index (χ0n) is 30.8. The fourth-order valence-corrected chi connectivity index (χ4v) is 8.07. The Hall–Kier alpha value is -7.44. The van der Waals surface area contributed by atoms with Crippen molar-refractivity contribution in [3.8, 4) is 67.5 Å². The van der Waals surface area contributed by atoms with Crippen molar-refractivity contribution >= 4 is 32.6 Å². The SMILES string of the molecule is Cc1c(-c2ccccc2)nc2c(ccc3c2ccc2c(-c4cccc(-c5ncccn5)c4)c(C)c(-c4ccccc4)nc23)c1-c1cccc(-c2ncccn2)c1. The molecule has 10 aromatic rings. The summed E-state index contributed by atoms with van der Waals surface area (Å²) in [6, 6.07) is 50.5. The van der Waals surface area contributed by atoms with Crippen molar-refractivity contribution in [3.05, 3.63) is 182 Å². The third-order valence-corrected chi connectivity index (χ3v) is 10.6. The van der Waals surface area contributed by atoms with E-state index in [2.05, 4.69) is 155 Å². The minimum absolute atomic E-state index is 0.693. The van der Waals surface area contributed by atoms with Gasteiger partial charge in [0.05, 0.1) is 22.4 Å². The minimum Gasteiger partial charge on any atom is -0.247 e. The van der Waals surface area contributed by atoms with Gasteiger partial charge in [0.2, 0.25) is 0 Å². The van der Waals surface area contributed by atoms with Crippen molar-refractivity contribution in [1.29, 1.82) is 0 Å². The van der Waals surface area contributed by atoms with E-state index in [-0.39, 0.29) is 0 Å². The van der Waals surface area contributed by atoms with Crippen molar-refractivity contribution in [1.82, 2.24) is 29.9 Å². The zero-order chi connectivity index (χ0) is 37.6. The van der Waals surface area contributed by atoms with Gasteiger partial charge in [-0.3, -0.25) is 0 Å². The van der Waals surface area contributed by atoms with Crippen LogP contribution in [0.4, 0.5) is 0 Å². The first-order valence-corrected chi connectivity index (χ1v) is 18.7. The van der Waals surface area contributed by atoms with Crippen LogP contribution in [0.2, 0.25) is 0 Å². The third-order valence-electron chi connectivity index (χ3n) is 10.6. The summed E-state index contributed by atoms with van der Waals surface area (Å²) >= 11 is 0. The molecule has 0 aliphatic heterocycles. The van der Waals surface area contributed by atoms with Crippen molar-refractivity contribution in [2.75, 3.05) is 0 Å². The van der Waals surface area contributed by atoms with Crippen LogP contribution < -0.4 is 0 Å².